The first-order valence-corrected chi connectivity index (χ1v) is 3.98. The van der Waals surface area contributed by atoms with Gasteiger partial charge < -0.3 is 14.9 Å². The molecule has 2 N–H and O–H groups in total. The van der Waals surface area contributed by atoms with Gasteiger partial charge in [-0.2, -0.15) is 0 Å². The lowest BCUT2D eigenvalue weighted by molar-refractivity contribution is 0.473. The predicted molar refractivity (Wildman–Crippen MR) is 50.1 cm³/mol. The molecule has 67 valence electrons. The van der Waals surface area contributed by atoms with Crippen LogP contribution >= 0.6 is 0 Å². The smallest absolute Gasteiger partial charge is 0.134 e. The van der Waals surface area contributed by atoms with Crippen LogP contribution in [0.4, 0.5) is 0 Å². The van der Waals surface area contributed by atoms with E-state index in [1.807, 2.05) is 18.2 Å². The van der Waals surface area contributed by atoms with Gasteiger partial charge in [0.15, 0.2) is 0 Å². The molecular weight excluding hydrogens is 166 g/mol. The summed E-state index contributed by atoms with van der Waals surface area (Å²) < 4.78 is 10.3. The van der Waals surface area contributed by atoms with E-state index < -0.39 is 0 Å². The Morgan fingerprint density at radius 1 is 1.38 bits per heavy atom. The van der Waals surface area contributed by atoms with Gasteiger partial charge in [0.1, 0.15) is 24.2 Å². The molecule has 1 aromatic heterocycles. The quantitative estimate of drug-likeness (QED) is 0.761. The summed E-state index contributed by atoms with van der Waals surface area (Å²) in [6.45, 7) is 0.412. The minimum atomic E-state index is 0.412. The van der Waals surface area contributed by atoms with Crippen LogP contribution in [0, 0.1) is 7.11 Å². The largest absolute Gasteiger partial charge is 0.490 e. The molecule has 2 aromatic rings. The van der Waals surface area contributed by atoms with Crippen molar-refractivity contribution < 1.29 is 9.15 Å². The molecule has 0 aliphatic carbocycles. The molecule has 0 saturated heterocycles. The molecule has 0 atom stereocenters. The molecule has 2 rings (SSSR count). The summed E-state index contributed by atoms with van der Waals surface area (Å²) in [6.07, 6.45) is 0. The summed E-state index contributed by atoms with van der Waals surface area (Å²) in [4.78, 5) is 0. The molecule has 3 heteroatoms. The Labute approximate surface area is 76.1 Å². The van der Waals surface area contributed by atoms with Crippen LogP contribution in [0.15, 0.2) is 28.7 Å². The van der Waals surface area contributed by atoms with E-state index in [4.69, 9.17) is 14.9 Å². The topological polar surface area (TPSA) is 48.4 Å². The maximum atomic E-state index is 5.45. The van der Waals surface area contributed by atoms with Gasteiger partial charge in [-0.3, -0.25) is 0 Å². The Bertz CT molecular complexity index is 418. The van der Waals surface area contributed by atoms with Crippen molar-refractivity contribution in [2.75, 3.05) is 0 Å². The highest BCUT2D eigenvalue weighted by Crippen LogP contribution is 2.23. The summed E-state index contributed by atoms with van der Waals surface area (Å²) >= 11 is 0. The monoisotopic (exact) mass is 176 g/mol. The second kappa shape index (κ2) is 3.11. The molecule has 0 saturated carbocycles. The predicted octanol–water partition coefficient (Wildman–Crippen LogP) is 2.06. The number of nitrogens with two attached hydrogens (primary N) is 1. The highest BCUT2D eigenvalue weighted by Gasteiger charge is 2.02. The minimum Gasteiger partial charge on any atom is -0.490 e. The maximum absolute atomic E-state index is 5.45. The molecule has 0 unspecified atom stereocenters. The third kappa shape index (κ3) is 1.38. The Balaban J connectivity index is 2.57. The first-order chi connectivity index (χ1) is 6.33. The Morgan fingerprint density at radius 3 is 2.92 bits per heavy atom. The third-order valence-electron chi connectivity index (χ3n) is 1.91. The summed E-state index contributed by atoms with van der Waals surface area (Å²) in [5, 5.41) is 0.988. The van der Waals surface area contributed by atoms with Crippen molar-refractivity contribution in [2.24, 2.45) is 5.73 Å². The molecule has 0 spiro atoms. The summed E-state index contributed by atoms with van der Waals surface area (Å²) in [7, 11) is 3.33. The van der Waals surface area contributed by atoms with Crippen molar-refractivity contribution in [2.45, 2.75) is 6.54 Å². The van der Waals surface area contributed by atoms with E-state index >= 15 is 0 Å². The fourth-order valence-corrected chi connectivity index (χ4v) is 1.27. The van der Waals surface area contributed by atoms with Crippen molar-refractivity contribution >= 4 is 11.0 Å². The number of hydrogen-bond donors (Lipinski definition) is 1. The third-order valence-corrected chi connectivity index (χ3v) is 1.91. The molecular formula is C10H10NO2. The van der Waals surface area contributed by atoms with Crippen LogP contribution < -0.4 is 10.5 Å². The highest BCUT2D eigenvalue weighted by atomic mass is 16.5. The SMILES string of the molecule is [CH2]Oc1ccc2oc(CN)cc2c1. The van der Waals surface area contributed by atoms with E-state index in [2.05, 4.69) is 7.11 Å². The van der Waals surface area contributed by atoms with Crippen LogP contribution in [-0.2, 0) is 6.54 Å². The van der Waals surface area contributed by atoms with E-state index in [0.29, 0.717) is 6.54 Å². The maximum Gasteiger partial charge on any atom is 0.134 e. The number of furan rings is 1. The molecule has 0 aliphatic rings. The Kier molecular flexibility index (Phi) is 1.94. The number of ether oxygens (including phenoxy) is 1. The lowest BCUT2D eigenvalue weighted by Gasteiger charge is -1.96. The molecule has 0 amide bonds. The van der Waals surface area contributed by atoms with E-state index in [1.165, 1.54) is 0 Å². The van der Waals surface area contributed by atoms with E-state index in [1.54, 1.807) is 6.07 Å². The summed E-state index contributed by atoms with van der Waals surface area (Å²) in [5.74, 6) is 1.49. The molecule has 13 heavy (non-hydrogen) atoms. The van der Waals surface area contributed by atoms with Crippen molar-refractivity contribution in [1.29, 1.82) is 0 Å². The number of fused-ring (bicyclic) bond motifs is 1. The van der Waals surface area contributed by atoms with Crippen molar-refractivity contribution in [3.8, 4) is 5.75 Å². The van der Waals surface area contributed by atoms with Crippen molar-refractivity contribution in [3.63, 3.8) is 0 Å². The average Bonchev–Trinajstić information content (AvgIpc) is 2.58. The zero-order valence-electron chi connectivity index (χ0n) is 7.12. The van der Waals surface area contributed by atoms with E-state index in [0.717, 1.165) is 22.5 Å². The Morgan fingerprint density at radius 2 is 2.23 bits per heavy atom. The zero-order valence-corrected chi connectivity index (χ0v) is 7.12. The fourth-order valence-electron chi connectivity index (χ4n) is 1.27. The molecule has 1 radical (unpaired) electrons. The van der Waals surface area contributed by atoms with Gasteiger partial charge in [-0.15, -0.1) is 0 Å². The van der Waals surface area contributed by atoms with Crippen LogP contribution in [0.1, 0.15) is 5.76 Å². The number of rotatable bonds is 2. The van der Waals surface area contributed by atoms with E-state index in [-0.39, 0.29) is 0 Å². The van der Waals surface area contributed by atoms with Crippen molar-refractivity contribution in [1.82, 2.24) is 0 Å². The van der Waals surface area contributed by atoms with Gasteiger partial charge in [-0.25, -0.2) is 0 Å². The van der Waals surface area contributed by atoms with Crippen LogP contribution in [0.5, 0.6) is 5.75 Å². The highest BCUT2D eigenvalue weighted by molar-refractivity contribution is 5.79. The number of benzene rings is 1. The fraction of sp³-hybridized carbons (Fsp3) is 0.100. The molecule has 0 fully saturated rings. The molecule has 1 heterocycles. The average molecular weight is 176 g/mol. The second-order valence-electron chi connectivity index (χ2n) is 2.76. The van der Waals surface area contributed by atoms with Crippen LogP contribution in [0.3, 0.4) is 0 Å². The zero-order chi connectivity index (χ0) is 9.26. The van der Waals surface area contributed by atoms with Crippen molar-refractivity contribution in [3.05, 3.63) is 37.1 Å². The standard InChI is InChI=1S/C10H10NO2/c1-12-8-2-3-10-7(4-8)5-9(6-11)13-10/h2-5H,1,6,11H2. The van der Waals surface area contributed by atoms with Crippen LogP contribution in [0.25, 0.3) is 11.0 Å². The van der Waals surface area contributed by atoms with E-state index in [9.17, 15) is 0 Å². The van der Waals surface area contributed by atoms with Gasteiger partial charge in [0.05, 0.1) is 6.54 Å². The lowest BCUT2D eigenvalue weighted by atomic mass is 10.2. The lowest BCUT2D eigenvalue weighted by Crippen LogP contribution is -1.92. The van der Waals surface area contributed by atoms with Crippen LogP contribution in [0.2, 0.25) is 0 Å². The molecule has 0 aliphatic heterocycles. The Hall–Kier alpha value is -1.48. The molecule has 3 nitrogen and oxygen atoms in total. The minimum absolute atomic E-state index is 0.412. The van der Waals surface area contributed by atoms with Crippen LogP contribution in [-0.4, -0.2) is 0 Å². The van der Waals surface area contributed by atoms with Gasteiger partial charge in [0.25, 0.3) is 0 Å². The van der Waals surface area contributed by atoms with Gasteiger partial charge in [0.2, 0.25) is 0 Å². The van der Waals surface area contributed by atoms with Gasteiger partial charge >= 0.3 is 0 Å². The first kappa shape index (κ1) is 8.13. The van der Waals surface area contributed by atoms with Gasteiger partial charge in [0, 0.05) is 5.39 Å². The van der Waals surface area contributed by atoms with Gasteiger partial charge in [-0.05, 0) is 24.3 Å². The second-order valence-corrected chi connectivity index (χ2v) is 2.76. The van der Waals surface area contributed by atoms with Gasteiger partial charge in [-0.1, -0.05) is 0 Å². The summed E-state index contributed by atoms with van der Waals surface area (Å²) in [5.41, 5.74) is 6.27. The molecule has 0 bridgehead atoms. The normalized spacial score (nSPS) is 10.6. The molecule has 1 aromatic carbocycles. The summed E-state index contributed by atoms with van der Waals surface area (Å²) in [6, 6.07) is 7.41. The number of hydrogen-bond acceptors (Lipinski definition) is 3. The first-order valence-electron chi connectivity index (χ1n) is 3.98.